The van der Waals surface area contributed by atoms with Gasteiger partial charge in [-0.3, -0.25) is 0 Å². The van der Waals surface area contributed by atoms with Crippen LogP contribution in [0, 0.1) is 0 Å². The van der Waals surface area contributed by atoms with Gasteiger partial charge in [0.25, 0.3) is 0 Å². The number of rotatable bonds is 1. The molecular formula is C15H22N2. The summed E-state index contributed by atoms with van der Waals surface area (Å²) < 4.78 is 0. The Kier molecular flexibility index (Phi) is 3.32. The maximum atomic E-state index is 3.47. The lowest BCUT2D eigenvalue weighted by Crippen LogP contribution is -2.28. The first kappa shape index (κ1) is 11.1. The minimum absolute atomic E-state index is 1.12. The van der Waals surface area contributed by atoms with Crippen LogP contribution in [0.2, 0.25) is 0 Å². The predicted molar refractivity (Wildman–Crippen MR) is 72.8 cm³/mol. The molecule has 1 N–H and O–H groups in total. The molecule has 0 atom stereocenters. The van der Waals surface area contributed by atoms with Crippen molar-refractivity contribution in [1.29, 1.82) is 0 Å². The molecule has 1 aliphatic carbocycles. The minimum Gasteiger partial charge on any atom is -0.370 e. The van der Waals surface area contributed by atoms with Crippen LogP contribution in [0.5, 0.6) is 0 Å². The number of hydrogen-bond acceptors (Lipinski definition) is 2. The van der Waals surface area contributed by atoms with E-state index in [2.05, 4.69) is 28.4 Å². The van der Waals surface area contributed by atoms with E-state index in [9.17, 15) is 0 Å². The molecule has 1 heterocycles. The first-order chi connectivity index (χ1) is 8.43. The summed E-state index contributed by atoms with van der Waals surface area (Å²) in [4.78, 5) is 2.54. The topological polar surface area (TPSA) is 15.3 Å². The molecule has 0 radical (unpaired) electrons. The van der Waals surface area contributed by atoms with Crippen LogP contribution in [-0.2, 0) is 12.8 Å². The third-order valence-electron chi connectivity index (χ3n) is 4.04. The van der Waals surface area contributed by atoms with Crippen molar-refractivity contribution in [1.82, 2.24) is 5.32 Å². The Labute approximate surface area is 104 Å². The van der Waals surface area contributed by atoms with E-state index in [1.807, 2.05) is 0 Å². The summed E-state index contributed by atoms with van der Waals surface area (Å²) in [5, 5.41) is 3.47. The van der Waals surface area contributed by atoms with E-state index in [-0.39, 0.29) is 0 Å². The minimum atomic E-state index is 1.12. The smallest absolute Gasteiger partial charge is 0.0369 e. The quantitative estimate of drug-likeness (QED) is 0.797. The van der Waals surface area contributed by atoms with Crippen molar-refractivity contribution >= 4 is 5.69 Å². The van der Waals surface area contributed by atoms with E-state index >= 15 is 0 Å². The zero-order chi connectivity index (χ0) is 11.5. The molecule has 1 aromatic rings. The molecule has 1 saturated heterocycles. The van der Waals surface area contributed by atoms with E-state index in [1.165, 1.54) is 50.9 Å². The average Bonchev–Trinajstić information content (AvgIpc) is 2.67. The molecule has 0 saturated carbocycles. The monoisotopic (exact) mass is 230 g/mol. The molecular weight excluding hydrogens is 208 g/mol. The molecule has 1 aromatic carbocycles. The van der Waals surface area contributed by atoms with Gasteiger partial charge in [-0.25, -0.2) is 0 Å². The van der Waals surface area contributed by atoms with Gasteiger partial charge in [0.05, 0.1) is 0 Å². The Morgan fingerprint density at radius 3 is 2.71 bits per heavy atom. The summed E-state index contributed by atoms with van der Waals surface area (Å²) in [5.74, 6) is 0. The van der Waals surface area contributed by atoms with Crippen LogP contribution < -0.4 is 10.2 Å². The fourth-order valence-corrected chi connectivity index (χ4v) is 3.02. The van der Waals surface area contributed by atoms with Crippen LogP contribution >= 0.6 is 0 Å². The van der Waals surface area contributed by atoms with Crippen molar-refractivity contribution < 1.29 is 0 Å². The van der Waals surface area contributed by atoms with Gasteiger partial charge < -0.3 is 10.2 Å². The van der Waals surface area contributed by atoms with Gasteiger partial charge in [0, 0.05) is 25.3 Å². The lowest BCUT2D eigenvalue weighted by molar-refractivity contribution is 0.684. The standard InChI is InChI=1S/C15H22N2/c1-2-5-14-12-15(7-6-13(14)4-1)17-10-3-8-16-9-11-17/h6-7,12,16H,1-5,8-11H2. The molecule has 0 unspecified atom stereocenters. The van der Waals surface area contributed by atoms with Crippen molar-refractivity contribution in [3.8, 4) is 0 Å². The zero-order valence-corrected chi connectivity index (χ0v) is 10.5. The summed E-state index contributed by atoms with van der Waals surface area (Å²) in [7, 11) is 0. The predicted octanol–water partition coefficient (Wildman–Crippen LogP) is 2.37. The van der Waals surface area contributed by atoms with Gasteiger partial charge >= 0.3 is 0 Å². The van der Waals surface area contributed by atoms with Gasteiger partial charge in [-0.15, -0.1) is 0 Å². The van der Waals surface area contributed by atoms with Crippen molar-refractivity contribution in [3.05, 3.63) is 29.3 Å². The van der Waals surface area contributed by atoms with Gasteiger partial charge in [-0.1, -0.05) is 6.07 Å². The van der Waals surface area contributed by atoms with Crippen LogP contribution in [0.25, 0.3) is 0 Å². The van der Waals surface area contributed by atoms with Crippen molar-refractivity contribution in [2.75, 3.05) is 31.1 Å². The average molecular weight is 230 g/mol. The fraction of sp³-hybridized carbons (Fsp3) is 0.600. The first-order valence-corrected chi connectivity index (χ1v) is 7.01. The van der Waals surface area contributed by atoms with E-state index in [0.29, 0.717) is 0 Å². The van der Waals surface area contributed by atoms with Crippen molar-refractivity contribution in [2.24, 2.45) is 0 Å². The van der Waals surface area contributed by atoms with E-state index in [1.54, 1.807) is 11.1 Å². The molecule has 0 spiro atoms. The molecule has 0 bridgehead atoms. The highest BCUT2D eigenvalue weighted by Crippen LogP contribution is 2.26. The van der Waals surface area contributed by atoms with Gasteiger partial charge in [0.2, 0.25) is 0 Å². The molecule has 1 aliphatic heterocycles. The second kappa shape index (κ2) is 5.09. The van der Waals surface area contributed by atoms with Crippen molar-refractivity contribution in [3.63, 3.8) is 0 Å². The molecule has 1 fully saturated rings. The lowest BCUT2D eigenvalue weighted by Gasteiger charge is -2.25. The third kappa shape index (κ3) is 2.47. The summed E-state index contributed by atoms with van der Waals surface area (Å²) >= 11 is 0. The van der Waals surface area contributed by atoms with Crippen LogP contribution in [0.4, 0.5) is 5.69 Å². The zero-order valence-electron chi connectivity index (χ0n) is 10.5. The number of fused-ring (bicyclic) bond motifs is 1. The van der Waals surface area contributed by atoms with Crippen molar-refractivity contribution in [2.45, 2.75) is 32.1 Å². The number of benzene rings is 1. The highest BCUT2D eigenvalue weighted by atomic mass is 15.2. The lowest BCUT2D eigenvalue weighted by atomic mass is 9.91. The summed E-state index contributed by atoms with van der Waals surface area (Å²) in [6.45, 7) is 4.64. The molecule has 2 heteroatoms. The number of hydrogen-bond donors (Lipinski definition) is 1. The number of nitrogens with zero attached hydrogens (tertiary/aromatic N) is 1. The van der Waals surface area contributed by atoms with Gasteiger partial charge in [0.15, 0.2) is 0 Å². The second-order valence-corrected chi connectivity index (χ2v) is 5.25. The maximum absolute atomic E-state index is 3.47. The molecule has 0 amide bonds. The summed E-state index contributed by atoms with van der Waals surface area (Å²) in [6, 6.07) is 7.14. The Balaban J connectivity index is 1.82. The normalized spacial score (nSPS) is 20.8. The van der Waals surface area contributed by atoms with E-state index in [0.717, 1.165) is 13.1 Å². The second-order valence-electron chi connectivity index (χ2n) is 5.25. The Morgan fingerprint density at radius 1 is 0.882 bits per heavy atom. The number of nitrogens with one attached hydrogen (secondary N) is 1. The fourth-order valence-electron chi connectivity index (χ4n) is 3.02. The number of aryl methyl sites for hydroxylation is 2. The van der Waals surface area contributed by atoms with Crippen LogP contribution in [0.15, 0.2) is 18.2 Å². The van der Waals surface area contributed by atoms with E-state index in [4.69, 9.17) is 0 Å². The number of anilines is 1. The molecule has 92 valence electrons. The molecule has 3 rings (SSSR count). The van der Waals surface area contributed by atoms with Crippen LogP contribution in [0.1, 0.15) is 30.4 Å². The van der Waals surface area contributed by atoms with Gasteiger partial charge in [-0.2, -0.15) is 0 Å². The Bertz CT molecular complexity index is 379. The third-order valence-corrected chi connectivity index (χ3v) is 4.04. The summed E-state index contributed by atoms with van der Waals surface area (Å²) in [5.41, 5.74) is 4.63. The van der Waals surface area contributed by atoms with Gasteiger partial charge in [-0.05, 0) is 61.9 Å². The largest absolute Gasteiger partial charge is 0.370 e. The van der Waals surface area contributed by atoms with E-state index < -0.39 is 0 Å². The Morgan fingerprint density at radius 2 is 1.76 bits per heavy atom. The molecule has 17 heavy (non-hydrogen) atoms. The molecule has 2 aliphatic rings. The highest BCUT2D eigenvalue weighted by molar-refractivity contribution is 5.51. The highest BCUT2D eigenvalue weighted by Gasteiger charge is 2.13. The first-order valence-electron chi connectivity index (χ1n) is 7.01. The SMILES string of the molecule is c1cc2c(cc1N1CCCNCC1)CCCC2. The molecule has 0 aromatic heterocycles. The van der Waals surface area contributed by atoms with Crippen LogP contribution in [-0.4, -0.2) is 26.2 Å². The molecule has 2 nitrogen and oxygen atoms in total. The maximum Gasteiger partial charge on any atom is 0.0369 e. The Hall–Kier alpha value is -1.02. The van der Waals surface area contributed by atoms with Crippen LogP contribution in [0.3, 0.4) is 0 Å². The summed E-state index contributed by atoms with van der Waals surface area (Å²) in [6.07, 6.45) is 6.58. The van der Waals surface area contributed by atoms with Gasteiger partial charge in [0.1, 0.15) is 0 Å².